The predicted octanol–water partition coefficient (Wildman–Crippen LogP) is 0.790. The second-order valence-corrected chi connectivity index (χ2v) is 7.35. The minimum atomic E-state index is -3.69. The highest BCUT2D eigenvalue weighted by molar-refractivity contribution is 7.89. The van der Waals surface area contributed by atoms with Crippen LogP contribution in [0.5, 0.6) is 0 Å². The van der Waals surface area contributed by atoms with Gasteiger partial charge in [0.25, 0.3) is 0 Å². The summed E-state index contributed by atoms with van der Waals surface area (Å²) in [5, 5.41) is 10.7. The normalized spacial score (nSPS) is 17.0. The van der Waals surface area contributed by atoms with Gasteiger partial charge in [-0.2, -0.15) is 0 Å². The van der Waals surface area contributed by atoms with Crippen molar-refractivity contribution in [1.82, 2.24) is 15.5 Å². The molecule has 0 unspecified atom stereocenters. The van der Waals surface area contributed by atoms with Crippen molar-refractivity contribution >= 4 is 16.1 Å². The van der Waals surface area contributed by atoms with E-state index in [1.165, 1.54) is 25.0 Å². The van der Waals surface area contributed by atoms with Crippen LogP contribution in [-0.4, -0.2) is 45.5 Å². The van der Waals surface area contributed by atoms with E-state index in [0.717, 1.165) is 25.2 Å². The van der Waals surface area contributed by atoms with E-state index in [2.05, 4.69) is 15.5 Å². The largest absolute Gasteiger partial charge is 0.337 e. The highest BCUT2D eigenvalue weighted by atomic mass is 32.2. The molecule has 1 atom stereocenters. The van der Waals surface area contributed by atoms with Gasteiger partial charge in [-0.3, -0.25) is 0 Å². The molecule has 7 nitrogen and oxygen atoms in total. The minimum Gasteiger partial charge on any atom is -0.337 e. The lowest BCUT2D eigenvalue weighted by Crippen LogP contribution is -2.40. The first-order valence-corrected chi connectivity index (χ1v) is 9.30. The lowest BCUT2D eigenvalue weighted by atomic mass is 10.1. The zero-order valence-electron chi connectivity index (χ0n) is 13.3. The molecule has 0 spiro atoms. The van der Waals surface area contributed by atoms with E-state index in [1.54, 1.807) is 12.1 Å². The third-order valence-electron chi connectivity index (χ3n) is 3.97. The lowest BCUT2D eigenvalue weighted by Gasteiger charge is -2.17. The number of carbonyl (C=O) groups is 1. The first-order valence-electron chi connectivity index (χ1n) is 7.76. The zero-order chi connectivity index (χ0) is 16.9. The molecule has 4 N–H and O–H groups in total. The molecule has 1 aromatic rings. The monoisotopic (exact) mass is 340 g/mol. The van der Waals surface area contributed by atoms with Gasteiger partial charge in [-0.15, -0.1) is 0 Å². The Kier molecular flexibility index (Phi) is 5.97. The maximum absolute atomic E-state index is 11.9. The second-order valence-electron chi connectivity index (χ2n) is 5.78. The average Bonchev–Trinajstić information content (AvgIpc) is 2.99. The van der Waals surface area contributed by atoms with E-state index in [9.17, 15) is 13.2 Å². The van der Waals surface area contributed by atoms with Gasteiger partial charge in [0, 0.05) is 13.1 Å². The Labute approximate surface area is 137 Å². The molecule has 0 saturated carbocycles. The number of hydrogen-bond donors (Lipinski definition) is 3. The van der Waals surface area contributed by atoms with Crippen molar-refractivity contribution in [3.05, 3.63) is 29.8 Å². The molecule has 1 saturated heterocycles. The number of nitrogens with one attached hydrogen (secondary N) is 2. The maximum Gasteiger partial charge on any atom is 0.315 e. The molecule has 1 aliphatic rings. The SMILES string of the molecule is C[C@@H](NC(=O)NCCN1CCCC1)c1ccc(S(N)(=O)=O)cc1. The van der Waals surface area contributed by atoms with Crippen molar-refractivity contribution in [2.45, 2.75) is 30.7 Å². The van der Waals surface area contributed by atoms with Gasteiger partial charge in [0.05, 0.1) is 10.9 Å². The highest BCUT2D eigenvalue weighted by Gasteiger charge is 2.13. The molecule has 1 fully saturated rings. The van der Waals surface area contributed by atoms with Gasteiger partial charge in [0.2, 0.25) is 10.0 Å². The van der Waals surface area contributed by atoms with Crippen LogP contribution >= 0.6 is 0 Å². The molecule has 8 heteroatoms. The number of urea groups is 1. The van der Waals surface area contributed by atoms with Crippen LogP contribution in [0, 0.1) is 0 Å². The van der Waals surface area contributed by atoms with E-state index >= 15 is 0 Å². The minimum absolute atomic E-state index is 0.0588. The number of nitrogens with zero attached hydrogens (tertiary/aromatic N) is 1. The molecule has 0 aliphatic carbocycles. The Morgan fingerprint density at radius 2 is 1.87 bits per heavy atom. The highest BCUT2D eigenvalue weighted by Crippen LogP contribution is 2.15. The van der Waals surface area contributed by atoms with Gasteiger partial charge in [-0.05, 0) is 50.6 Å². The fourth-order valence-electron chi connectivity index (χ4n) is 2.61. The first kappa shape index (κ1) is 17.7. The van der Waals surface area contributed by atoms with Crippen LogP contribution in [0.15, 0.2) is 29.2 Å². The van der Waals surface area contributed by atoms with Crippen LogP contribution in [-0.2, 0) is 10.0 Å². The zero-order valence-corrected chi connectivity index (χ0v) is 14.1. The van der Waals surface area contributed by atoms with Crippen molar-refractivity contribution in [2.75, 3.05) is 26.2 Å². The van der Waals surface area contributed by atoms with Crippen molar-refractivity contribution in [3.8, 4) is 0 Å². The molecule has 128 valence electrons. The Morgan fingerprint density at radius 1 is 1.26 bits per heavy atom. The Morgan fingerprint density at radius 3 is 2.43 bits per heavy atom. The topological polar surface area (TPSA) is 105 Å². The van der Waals surface area contributed by atoms with E-state index in [0.29, 0.717) is 6.54 Å². The average molecular weight is 340 g/mol. The third kappa shape index (κ3) is 5.49. The number of rotatable bonds is 6. The molecule has 1 aliphatic heterocycles. The Balaban J connectivity index is 1.78. The van der Waals surface area contributed by atoms with Crippen LogP contribution in [0.4, 0.5) is 4.79 Å². The molecule has 2 amide bonds. The van der Waals surface area contributed by atoms with E-state index in [4.69, 9.17) is 5.14 Å². The van der Waals surface area contributed by atoms with Gasteiger partial charge in [-0.25, -0.2) is 18.4 Å². The fourth-order valence-corrected chi connectivity index (χ4v) is 3.13. The summed E-state index contributed by atoms with van der Waals surface area (Å²) in [6.45, 7) is 5.53. The van der Waals surface area contributed by atoms with Crippen molar-refractivity contribution < 1.29 is 13.2 Å². The van der Waals surface area contributed by atoms with Gasteiger partial charge in [0.1, 0.15) is 0 Å². The van der Waals surface area contributed by atoms with Crippen LogP contribution in [0.2, 0.25) is 0 Å². The number of sulfonamides is 1. The van der Waals surface area contributed by atoms with Crippen LogP contribution in [0.25, 0.3) is 0 Å². The number of likely N-dealkylation sites (tertiary alicyclic amines) is 1. The number of carbonyl (C=O) groups excluding carboxylic acids is 1. The molecule has 0 radical (unpaired) electrons. The number of benzene rings is 1. The first-order chi connectivity index (χ1) is 10.9. The molecule has 0 bridgehead atoms. The summed E-state index contributed by atoms with van der Waals surface area (Å²) < 4.78 is 22.4. The van der Waals surface area contributed by atoms with E-state index in [-0.39, 0.29) is 17.0 Å². The Bertz CT molecular complexity index is 625. The van der Waals surface area contributed by atoms with Crippen LogP contribution in [0.1, 0.15) is 31.4 Å². The summed E-state index contributed by atoms with van der Waals surface area (Å²) in [6, 6.07) is 5.72. The van der Waals surface area contributed by atoms with E-state index < -0.39 is 10.0 Å². The summed E-state index contributed by atoms with van der Waals surface area (Å²) in [5.41, 5.74) is 0.812. The fraction of sp³-hybridized carbons (Fsp3) is 0.533. The van der Waals surface area contributed by atoms with Gasteiger partial charge in [0.15, 0.2) is 0 Å². The summed E-state index contributed by atoms with van der Waals surface area (Å²) >= 11 is 0. The quantitative estimate of drug-likeness (QED) is 0.712. The second kappa shape index (κ2) is 7.76. The smallest absolute Gasteiger partial charge is 0.315 e. The van der Waals surface area contributed by atoms with E-state index in [1.807, 2.05) is 6.92 Å². The predicted molar refractivity (Wildman–Crippen MR) is 88.4 cm³/mol. The number of nitrogens with two attached hydrogens (primary N) is 1. The third-order valence-corrected chi connectivity index (χ3v) is 4.90. The summed E-state index contributed by atoms with van der Waals surface area (Å²) in [6.07, 6.45) is 2.47. The molecule has 1 aromatic carbocycles. The van der Waals surface area contributed by atoms with Crippen molar-refractivity contribution in [1.29, 1.82) is 0 Å². The van der Waals surface area contributed by atoms with Gasteiger partial charge >= 0.3 is 6.03 Å². The van der Waals surface area contributed by atoms with Gasteiger partial charge in [-0.1, -0.05) is 12.1 Å². The number of amides is 2. The van der Waals surface area contributed by atoms with Crippen LogP contribution < -0.4 is 15.8 Å². The number of primary sulfonamides is 1. The Hall–Kier alpha value is -1.64. The van der Waals surface area contributed by atoms with Crippen molar-refractivity contribution in [2.24, 2.45) is 5.14 Å². The lowest BCUT2D eigenvalue weighted by molar-refractivity contribution is 0.235. The molecule has 2 rings (SSSR count). The summed E-state index contributed by atoms with van der Waals surface area (Å²) in [5.74, 6) is 0. The molecule has 1 heterocycles. The van der Waals surface area contributed by atoms with Crippen molar-refractivity contribution in [3.63, 3.8) is 0 Å². The summed E-state index contributed by atoms with van der Waals surface area (Å²) in [7, 11) is -3.69. The van der Waals surface area contributed by atoms with Crippen LogP contribution in [0.3, 0.4) is 0 Å². The number of hydrogen-bond acceptors (Lipinski definition) is 4. The van der Waals surface area contributed by atoms with Gasteiger partial charge < -0.3 is 15.5 Å². The molecular weight excluding hydrogens is 316 g/mol. The summed E-state index contributed by atoms with van der Waals surface area (Å²) in [4.78, 5) is 14.3. The standard InChI is InChI=1S/C15H24N4O3S/c1-12(13-4-6-14(7-5-13)23(16,21)22)18-15(20)17-8-11-19-9-2-3-10-19/h4-7,12H,2-3,8-11H2,1H3,(H2,16,21,22)(H2,17,18,20)/t12-/m1/s1. The maximum atomic E-state index is 11.9. The molecule has 23 heavy (non-hydrogen) atoms. The molecule has 0 aromatic heterocycles. The molecular formula is C15H24N4O3S.